The molecule has 0 spiro atoms. The van der Waals surface area contributed by atoms with Crippen molar-refractivity contribution in [2.75, 3.05) is 13.2 Å². The first-order valence-electron chi connectivity index (χ1n) is 11.7. The molecule has 34 heavy (non-hydrogen) atoms. The summed E-state index contributed by atoms with van der Waals surface area (Å²) >= 11 is 0. The Morgan fingerprint density at radius 3 is 2.09 bits per heavy atom. The smallest absolute Gasteiger partial charge is 0.407 e. The van der Waals surface area contributed by atoms with E-state index in [0.29, 0.717) is 13.0 Å². The van der Waals surface area contributed by atoms with Gasteiger partial charge in [-0.2, -0.15) is 0 Å². The Kier molecular flexibility index (Phi) is 7.97. The highest BCUT2D eigenvalue weighted by Crippen LogP contribution is 2.44. The monoisotopic (exact) mass is 466 g/mol. The maximum atomic E-state index is 12.8. The number of carboxylic acids is 1. The topological polar surface area (TPSA) is 105 Å². The Bertz CT molecular complexity index is 998. The lowest BCUT2D eigenvalue weighted by atomic mass is 9.86. The number of ether oxygens (including phenoxy) is 1. The molecular weight excluding hydrogens is 432 g/mol. The molecule has 182 valence electrons. The number of carbonyl (C=O) groups excluding carboxylic acids is 2. The van der Waals surface area contributed by atoms with Crippen molar-refractivity contribution in [3.8, 4) is 11.1 Å². The van der Waals surface area contributed by atoms with Gasteiger partial charge >= 0.3 is 12.1 Å². The van der Waals surface area contributed by atoms with Crippen LogP contribution < -0.4 is 10.6 Å². The zero-order valence-electron chi connectivity index (χ0n) is 20.3. The van der Waals surface area contributed by atoms with Gasteiger partial charge in [0.15, 0.2) is 0 Å². The zero-order valence-corrected chi connectivity index (χ0v) is 20.3. The molecule has 7 heteroatoms. The number of alkyl carbamates (subject to hydrolysis) is 1. The molecule has 0 saturated carbocycles. The predicted molar refractivity (Wildman–Crippen MR) is 130 cm³/mol. The molecule has 2 aromatic carbocycles. The normalized spacial score (nSPS) is 14.5. The van der Waals surface area contributed by atoms with Crippen molar-refractivity contribution in [2.45, 2.75) is 52.5 Å². The number of nitrogens with one attached hydrogen (secondary N) is 2. The molecule has 0 heterocycles. The van der Waals surface area contributed by atoms with E-state index < -0.39 is 23.5 Å². The van der Waals surface area contributed by atoms with Crippen LogP contribution in [0.1, 0.15) is 57.6 Å². The number of hydrogen-bond donors (Lipinski definition) is 3. The molecule has 3 N–H and O–H groups in total. The van der Waals surface area contributed by atoms with E-state index in [4.69, 9.17) is 9.84 Å². The molecule has 3 rings (SSSR count). The van der Waals surface area contributed by atoms with Crippen molar-refractivity contribution in [1.82, 2.24) is 10.6 Å². The first kappa shape index (κ1) is 25.3. The van der Waals surface area contributed by atoms with Gasteiger partial charge in [0, 0.05) is 18.9 Å². The van der Waals surface area contributed by atoms with Gasteiger partial charge in [0.05, 0.1) is 0 Å². The molecule has 7 nitrogen and oxygen atoms in total. The highest BCUT2D eigenvalue weighted by Gasteiger charge is 2.34. The van der Waals surface area contributed by atoms with Crippen LogP contribution in [-0.4, -0.2) is 42.3 Å². The van der Waals surface area contributed by atoms with E-state index in [1.165, 1.54) is 0 Å². The van der Waals surface area contributed by atoms with Gasteiger partial charge in [-0.3, -0.25) is 9.59 Å². The molecule has 0 aliphatic heterocycles. The van der Waals surface area contributed by atoms with Crippen LogP contribution in [0.2, 0.25) is 0 Å². The molecule has 0 saturated heterocycles. The number of benzene rings is 2. The van der Waals surface area contributed by atoms with Crippen molar-refractivity contribution in [3.63, 3.8) is 0 Å². The Labute approximate surface area is 200 Å². The summed E-state index contributed by atoms with van der Waals surface area (Å²) < 4.78 is 5.61. The summed E-state index contributed by atoms with van der Waals surface area (Å²) in [5.74, 6) is -1.29. The number of carboxylic acid groups (broad SMARTS) is 1. The number of rotatable bonds is 9. The van der Waals surface area contributed by atoms with Gasteiger partial charge in [-0.25, -0.2) is 4.79 Å². The molecule has 2 aromatic rings. The third-order valence-electron chi connectivity index (χ3n) is 6.19. The maximum absolute atomic E-state index is 12.8. The highest BCUT2D eigenvalue weighted by molar-refractivity contribution is 5.86. The van der Waals surface area contributed by atoms with E-state index in [-0.39, 0.29) is 30.8 Å². The van der Waals surface area contributed by atoms with Crippen LogP contribution >= 0.6 is 0 Å². The number of carbonyl (C=O) groups is 3. The van der Waals surface area contributed by atoms with E-state index in [9.17, 15) is 14.4 Å². The van der Waals surface area contributed by atoms with Gasteiger partial charge < -0.3 is 20.5 Å². The van der Waals surface area contributed by atoms with Gasteiger partial charge in [-0.15, -0.1) is 0 Å². The lowest BCUT2D eigenvalue weighted by molar-refractivity contribution is -0.138. The average Bonchev–Trinajstić information content (AvgIpc) is 3.08. The largest absolute Gasteiger partial charge is 0.481 e. The standard InChI is InChI=1S/C27H34N2O5/c1-17(15-23(30)31)13-14-28-25(32)24(27(2,3)4)29-26(33)34-16-22-20-11-7-5-9-18(20)19-10-6-8-12-21(19)22/h5-12,17,22,24H,13-16H2,1-4H3,(H,28,32)(H,29,33)(H,30,31)/t17?,24-/m0/s1. The van der Waals surface area contributed by atoms with Gasteiger partial charge in [0.1, 0.15) is 12.6 Å². The van der Waals surface area contributed by atoms with Crippen LogP contribution in [-0.2, 0) is 14.3 Å². The minimum absolute atomic E-state index is 0.0522. The number of aliphatic carboxylic acids is 1. The fourth-order valence-electron chi connectivity index (χ4n) is 4.38. The Hall–Kier alpha value is -3.35. The van der Waals surface area contributed by atoms with Crippen molar-refractivity contribution < 1.29 is 24.2 Å². The van der Waals surface area contributed by atoms with Gasteiger partial charge in [0.2, 0.25) is 5.91 Å². The predicted octanol–water partition coefficient (Wildman–Crippen LogP) is 4.56. The molecule has 2 atom stereocenters. The summed E-state index contributed by atoms with van der Waals surface area (Å²) in [6.45, 7) is 7.95. The molecule has 0 bridgehead atoms. The molecular formula is C27H34N2O5. The van der Waals surface area contributed by atoms with Crippen LogP contribution in [0.3, 0.4) is 0 Å². The van der Waals surface area contributed by atoms with Gasteiger partial charge in [-0.1, -0.05) is 76.2 Å². The summed E-state index contributed by atoms with van der Waals surface area (Å²) in [5, 5.41) is 14.4. The SMILES string of the molecule is CC(CCNC(=O)[C@H](NC(=O)OCC1c2ccccc2-c2ccccc21)C(C)(C)C)CC(=O)O. The first-order valence-corrected chi connectivity index (χ1v) is 11.7. The minimum atomic E-state index is -0.858. The maximum Gasteiger partial charge on any atom is 0.407 e. The summed E-state index contributed by atoms with van der Waals surface area (Å²) in [6, 6.07) is 15.4. The van der Waals surface area contributed by atoms with Gasteiger partial charge in [-0.05, 0) is 40.0 Å². The van der Waals surface area contributed by atoms with Gasteiger partial charge in [0.25, 0.3) is 0 Å². The second kappa shape index (κ2) is 10.7. The fraction of sp³-hybridized carbons (Fsp3) is 0.444. The van der Waals surface area contributed by atoms with E-state index in [1.807, 2.05) is 52.0 Å². The second-order valence-electron chi connectivity index (χ2n) is 10.1. The van der Waals surface area contributed by atoms with Crippen molar-refractivity contribution in [2.24, 2.45) is 11.3 Å². The third-order valence-corrected chi connectivity index (χ3v) is 6.19. The summed E-state index contributed by atoms with van der Waals surface area (Å²) in [7, 11) is 0. The van der Waals surface area contributed by atoms with Crippen molar-refractivity contribution in [1.29, 1.82) is 0 Å². The zero-order chi connectivity index (χ0) is 24.9. The number of amides is 2. The van der Waals surface area contributed by atoms with Crippen molar-refractivity contribution >= 4 is 18.0 Å². The van der Waals surface area contributed by atoms with E-state index in [0.717, 1.165) is 22.3 Å². The summed E-state index contributed by atoms with van der Waals surface area (Å²) in [4.78, 5) is 36.3. The van der Waals surface area contributed by atoms with Crippen LogP contribution in [0.5, 0.6) is 0 Å². The van der Waals surface area contributed by atoms with E-state index in [2.05, 4.69) is 34.9 Å². The summed E-state index contributed by atoms with van der Waals surface area (Å²) in [5.41, 5.74) is 4.00. The summed E-state index contributed by atoms with van der Waals surface area (Å²) in [6.07, 6.45) is -0.0488. The Morgan fingerprint density at radius 1 is 1.00 bits per heavy atom. The molecule has 0 aromatic heterocycles. The molecule has 0 fully saturated rings. The molecule has 1 unspecified atom stereocenters. The average molecular weight is 467 g/mol. The van der Waals surface area contributed by atoms with E-state index in [1.54, 1.807) is 0 Å². The quantitative estimate of drug-likeness (QED) is 0.503. The molecule has 1 aliphatic carbocycles. The molecule has 2 amide bonds. The Balaban J connectivity index is 1.59. The molecule has 0 radical (unpaired) electrons. The highest BCUT2D eigenvalue weighted by atomic mass is 16.5. The minimum Gasteiger partial charge on any atom is -0.481 e. The number of hydrogen-bond acceptors (Lipinski definition) is 4. The Morgan fingerprint density at radius 2 is 1.56 bits per heavy atom. The molecule has 1 aliphatic rings. The van der Waals surface area contributed by atoms with Crippen molar-refractivity contribution in [3.05, 3.63) is 59.7 Å². The fourth-order valence-corrected chi connectivity index (χ4v) is 4.38. The first-order chi connectivity index (χ1) is 16.1. The van der Waals surface area contributed by atoms with Crippen LogP contribution in [0.4, 0.5) is 4.79 Å². The van der Waals surface area contributed by atoms with E-state index >= 15 is 0 Å². The van der Waals surface area contributed by atoms with Crippen LogP contribution in [0, 0.1) is 11.3 Å². The lowest BCUT2D eigenvalue weighted by Gasteiger charge is -2.30. The van der Waals surface area contributed by atoms with Crippen LogP contribution in [0.15, 0.2) is 48.5 Å². The third kappa shape index (κ3) is 6.16. The number of fused-ring (bicyclic) bond motifs is 3. The van der Waals surface area contributed by atoms with Crippen LogP contribution in [0.25, 0.3) is 11.1 Å². The lowest BCUT2D eigenvalue weighted by Crippen LogP contribution is -2.54. The second-order valence-corrected chi connectivity index (χ2v) is 10.1.